The van der Waals surface area contributed by atoms with Gasteiger partial charge in [-0.3, -0.25) is 4.79 Å². The Bertz CT molecular complexity index is 360. The summed E-state index contributed by atoms with van der Waals surface area (Å²) in [6.45, 7) is 5.21. The fourth-order valence-corrected chi connectivity index (χ4v) is 2.42. The molecule has 4 heteroatoms. The summed E-state index contributed by atoms with van der Waals surface area (Å²) in [7, 11) is 0. The number of aliphatic carboxylic acids is 1. The minimum Gasteiger partial charge on any atom is -0.478 e. The minimum absolute atomic E-state index is 0.121. The molecule has 1 aliphatic rings. The number of carbonyl (C=O) groups excluding carboxylic acids is 1. The van der Waals surface area contributed by atoms with Crippen LogP contribution in [0.25, 0.3) is 0 Å². The van der Waals surface area contributed by atoms with Gasteiger partial charge in [-0.1, -0.05) is 26.2 Å². The summed E-state index contributed by atoms with van der Waals surface area (Å²) in [6.07, 6.45) is 5.55. The zero-order valence-electron chi connectivity index (χ0n) is 11.5. The number of amides is 1. The predicted octanol–water partition coefficient (Wildman–Crippen LogP) is 2.49. The molecular formula is C14H23NO3. The largest absolute Gasteiger partial charge is 0.478 e. The van der Waals surface area contributed by atoms with E-state index < -0.39 is 5.97 Å². The molecule has 1 saturated carbocycles. The van der Waals surface area contributed by atoms with Gasteiger partial charge in [-0.05, 0) is 32.6 Å². The van der Waals surface area contributed by atoms with Crippen LogP contribution in [0.3, 0.4) is 0 Å². The van der Waals surface area contributed by atoms with Gasteiger partial charge in [0, 0.05) is 17.2 Å². The van der Waals surface area contributed by atoms with Gasteiger partial charge in [-0.25, -0.2) is 4.79 Å². The summed E-state index contributed by atoms with van der Waals surface area (Å²) in [4.78, 5) is 22.7. The van der Waals surface area contributed by atoms with Gasteiger partial charge in [0.05, 0.1) is 0 Å². The SMILES string of the molecule is CCC1CCCC(NC(=O)C(C)=C(C)C(=O)O)C1. The molecule has 0 aromatic carbocycles. The summed E-state index contributed by atoms with van der Waals surface area (Å²) in [5.41, 5.74) is 0.427. The Morgan fingerprint density at radius 3 is 2.44 bits per heavy atom. The first-order valence-corrected chi connectivity index (χ1v) is 6.67. The van der Waals surface area contributed by atoms with Gasteiger partial charge in [0.25, 0.3) is 0 Å². The van der Waals surface area contributed by atoms with Crippen LogP contribution in [0.5, 0.6) is 0 Å². The van der Waals surface area contributed by atoms with Crippen molar-refractivity contribution in [2.24, 2.45) is 5.92 Å². The molecule has 0 spiro atoms. The molecule has 0 radical (unpaired) electrons. The van der Waals surface area contributed by atoms with E-state index in [4.69, 9.17) is 5.11 Å². The first-order valence-electron chi connectivity index (χ1n) is 6.67. The van der Waals surface area contributed by atoms with Crippen LogP contribution in [0.15, 0.2) is 11.1 Å². The average Bonchev–Trinajstić information content (AvgIpc) is 2.36. The van der Waals surface area contributed by atoms with Crippen molar-refractivity contribution in [3.8, 4) is 0 Å². The predicted molar refractivity (Wildman–Crippen MR) is 70.2 cm³/mol. The summed E-state index contributed by atoms with van der Waals surface area (Å²) >= 11 is 0. The summed E-state index contributed by atoms with van der Waals surface area (Å²) in [5, 5.41) is 11.8. The fourth-order valence-electron chi connectivity index (χ4n) is 2.42. The molecule has 1 aliphatic carbocycles. The second-order valence-corrected chi connectivity index (χ2v) is 5.17. The number of nitrogens with one attached hydrogen (secondary N) is 1. The Balaban J connectivity index is 2.59. The van der Waals surface area contributed by atoms with Crippen LogP contribution in [0.4, 0.5) is 0 Å². The van der Waals surface area contributed by atoms with E-state index in [1.54, 1.807) is 6.92 Å². The first-order chi connectivity index (χ1) is 8.45. The highest BCUT2D eigenvalue weighted by Crippen LogP contribution is 2.26. The molecule has 0 saturated heterocycles. The third kappa shape index (κ3) is 3.86. The molecule has 18 heavy (non-hydrogen) atoms. The van der Waals surface area contributed by atoms with Crippen molar-refractivity contribution in [3.05, 3.63) is 11.1 Å². The quantitative estimate of drug-likeness (QED) is 0.756. The molecular weight excluding hydrogens is 230 g/mol. The highest BCUT2D eigenvalue weighted by molar-refractivity contribution is 6.01. The molecule has 4 nitrogen and oxygen atoms in total. The van der Waals surface area contributed by atoms with Crippen molar-refractivity contribution in [2.45, 2.75) is 58.9 Å². The molecule has 0 heterocycles. The van der Waals surface area contributed by atoms with Crippen molar-refractivity contribution in [1.82, 2.24) is 5.32 Å². The molecule has 2 atom stereocenters. The maximum absolute atomic E-state index is 11.9. The molecule has 2 N–H and O–H groups in total. The van der Waals surface area contributed by atoms with Crippen LogP contribution in [0.2, 0.25) is 0 Å². The van der Waals surface area contributed by atoms with Crippen molar-refractivity contribution in [1.29, 1.82) is 0 Å². The zero-order chi connectivity index (χ0) is 13.7. The Morgan fingerprint density at radius 2 is 1.89 bits per heavy atom. The normalized spacial score (nSPS) is 25.3. The lowest BCUT2D eigenvalue weighted by Gasteiger charge is -2.29. The van der Waals surface area contributed by atoms with Crippen LogP contribution in [0.1, 0.15) is 52.9 Å². The molecule has 1 rings (SSSR count). The molecule has 102 valence electrons. The van der Waals surface area contributed by atoms with Crippen LogP contribution < -0.4 is 5.32 Å². The van der Waals surface area contributed by atoms with E-state index in [-0.39, 0.29) is 17.5 Å². The van der Waals surface area contributed by atoms with Gasteiger partial charge in [0.1, 0.15) is 0 Å². The van der Waals surface area contributed by atoms with E-state index in [1.165, 1.54) is 13.3 Å². The number of hydrogen-bond donors (Lipinski definition) is 2. The van der Waals surface area contributed by atoms with Gasteiger partial charge < -0.3 is 10.4 Å². The van der Waals surface area contributed by atoms with Crippen LogP contribution in [-0.2, 0) is 9.59 Å². The topological polar surface area (TPSA) is 66.4 Å². The average molecular weight is 253 g/mol. The lowest BCUT2D eigenvalue weighted by molar-refractivity contribution is -0.133. The van der Waals surface area contributed by atoms with E-state index in [0.717, 1.165) is 25.7 Å². The second kappa shape index (κ2) is 6.57. The van der Waals surface area contributed by atoms with Crippen molar-refractivity contribution in [3.63, 3.8) is 0 Å². The van der Waals surface area contributed by atoms with Gasteiger partial charge in [-0.15, -0.1) is 0 Å². The number of carboxylic acids is 1. The Morgan fingerprint density at radius 1 is 1.22 bits per heavy atom. The number of hydrogen-bond acceptors (Lipinski definition) is 2. The molecule has 0 aromatic rings. The van der Waals surface area contributed by atoms with E-state index >= 15 is 0 Å². The molecule has 0 aromatic heterocycles. The molecule has 0 aliphatic heterocycles. The summed E-state index contributed by atoms with van der Waals surface area (Å²) in [6, 6.07) is 0.202. The van der Waals surface area contributed by atoms with Crippen LogP contribution >= 0.6 is 0 Å². The Labute approximate surface area is 108 Å². The highest BCUT2D eigenvalue weighted by Gasteiger charge is 2.23. The van der Waals surface area contributed by atoms with Crippen LogP contribution in [0, 0.1) is 5.92 Å². The third-order valence-corrected chi connectivity index (χ3v) is 3.92. The van der Waals surface area contributed by atoms with E-state index in [9.17, 15) is 9.59 Å². The number of rotatable bonds is 4. The highest BCUT2D eigenvalue weighted by atomic mass is 16.4. The Hall–Kier alpha value is -1.32. The lowest BCUT2D eigenvalue weighted by atomic mass is 9.84. The number of carboxylic acid groups (broad SMARTS) is 1. The van der Waals surface area contributed by atoms with Crippen molar-refractivity contribution >= 4 is 11.9 Å². The standard InChI is InChI=1S/C14H23NO3/c1-4-11-6-5-7-12(8-11)15-13(16)9(2)10(3)14(17)18/h11-12H,4-8H2,1-3H3,(H,15,16)(H,17,18). The molecule has 2 unspecified atom stereocenters. The fraction of sp³-hybridized carbons (Fsp3) is 0.714. The Kier molecular flexibility index (Phi) is 5.38. The van der Waals surface area contributed by atoms with Gasteiger partial charge in [0.15, 0.2) is 0 Å². The molecule has 0 bridgehead atoms. The van der Waals surface area contributed by atoms with Gasteiger partial charge >= 0.3 is 5.97 Å². The third-order valence-electron chi connectivity index (χ3n) is 3.92. The summed E-state index contributed by atoms with van der Waals surface area (Å²) in [5.74, 6) is -0.580. The van der Waals surface area contributed by atoms with E-state index in [0.29, 0.717) is 11.5 Å². The van der Waals surface area contributed by atoms with E-state index in [2.05, 4.69) is 12.2 Å². The minimum atomic E-state index is -1.03. The molecule has 1 amide bonds. The molecule has 1 fully saturated rings. The summed E-state index contributed by atoms with van der Waals surface area (Å²) < 4.78 is 0. The van der Waals surface area contributed by atoms with Gasteiger partial charge in [-0.2, -0.15) is 0 Å². The number of carbonyl (C=O) groups is 2. The van der Waals surface area contributed by atoms with Crippen LogP contribution in [-0.4, -0.2) is 23.0 Å². The van der Waals surface area contributed by atoms with Gasteiger partial charge in [0.2, 0.25) is 5.91 Å². The van der Waals surface area contributed by atoms with E-state index in [1.807, 2.05) is 0 Å². The lowest BCUT2D eigenvalue weighted by Crippen LogP contribution is -2.39. The first kappa shape index (κ1) is 14.7. The van der Waals surface area contributed by atoms with Crippen molar-refractivity contribution < 1.29 is 14.7 Å². The maximum atomic E-state index is 11.9. The maximum Gasteiger partial charge on any atom is 0.331 e. The van der Waals surface area contributed by atoms with Crippen molar-refractivity contribution in [2.75, 3.05) is 0 Å². The smallest absolute Gasteiger partial charge is 0.331 e. The second-order valence-electron chi connectivity index (χ2n) is 5.17. The zero-order valence-corrected chi connectivity index (χ0v) is 11.5. The monoisotopic (exact) mass is 253 g/mol.